The number of thioether (sulfide) groups is 1. The molecule has 1 fully saturated rings. The van der Waals surface area contributed by atoms with Crippen LogP contribution in [0.4, 0.5) is 0 Å². The molecule has 0 aromatic carbocycles. The molecule has 0 saturated carbocycles. The topological polar surface area (TPSA) is 23.5 Å². The Hall–Kier alpha value is 0.270. The molecule has 1 rings (SSSR count). The van der Waals surface area contributed by atoms with E-state index in [0.29, 0.717) is 0 Å². The summed E-state index contributed by atoms with van der Waals surface area (Å²) >= 11 is 1.92. The Balaban J connectivity index is 2.41. The van der Waals surface area contributed by atoms with Crippen LogP contribution in [-0.2, 0) is 0 Å². The molecule has 1 aliphatic heterocycles. The van der Waals surface area contributed by atoms with Gasteiger partial charge in [-0.05, 0) is 13.8 Å². The quantitative estimate of drug-likeness (QED) is 0.557. The molecule has 1 aliphatic rings. The number of hydrogen-bond acceptors (Lipinski definition) is 3. The van der Waals surface area contributed by atoms with Gasteiger partial charge in [0.2, 0.25) is 0 Å². The SMILES string of the molecule is CC1(C)CN(O)CCS1. The molecule has 0 aromatic rings. The van der Waals surface area contributed by atoms with E-state index in [1.807, 2.05) is 11.8 Å². The Labute approximate surface area is 60.2 Å². The van der Waals surface area contributed by atoms with E-state index in [-0.39, 0.29) is 4.75 Å². The second kappa shape index (κ2) is 2.48. The Morgan fingerprint density at radius 3 is 2.56 bits per heavy atom. The third kappa shape index (κ3) is 2.16. The lowest BCUT2D eigenvalue weighted by atomic mass is 10.2. The molecule has 54 valence electrons. The van der Waals surface area contributed by atoms with Gasteiger partial charge in [0.15, 0.2) is 0 Å². The fourth-order valence-electron chi connectivity index (χ4n) is 0.992. The molecule has 9 heavy (non-hydrogen) atoms. The summed E-state index contributed by atoms with van der Waals surface area (Å²) in [6.45, 7) is 5.91. The van der Waals surface area contributed by atoms with Gasteiger partial charge in [0.05, 0.1) is 0 Å². The number of hydroxylamine groups is 2. The molecule has 3 heteroatoms. The van der Waals surface area contributed by atoms with Crippen molar-refractivity contribution in [2.45, 2.75) is 18.6 Å². The van der Waals surface area contributed by atoms with Crippen LogP contribution in [0.5, 0.6) is 0 Å². The zero-order valence-electron chi connectivity index (χ0n) is 5.92. The first kappa shape index (κ1) is 7.38. The van der Waals surface area contributed by atoms with Crippen LogP contribution in [0.15, 0.2) is 0 Å². The summed E-state index contributed by atoms with van der Waals surface area (Å²) in [6, 6.07) is 0. The molecular formula is C6H13NOS. The second-order valence-corrected chi connectivity index (χ2v) is 4.80. The van der Waals surface area contributed by atoms with Gasteiger partial charge in [-0.25, -0.2) is 0 Å². The van der Waals surface area contributed by atoms with Crippen molar-refractivity contribution < 1.29 is 5.21 Å². The minimum absolute atomic E-state index is 0.243. The monoisotopic (exact) mass is 147 g/mol. The number of hydrogen-bond donors (Lipinski definition) is 1. The highest BCUT2D eigenvalue weighted by molar-refractivity contribution is 8.00. The summed E-state index contributed by atoms with van der Waals surface area (Å²) in [4.78, 5) is 0. The molecule has 0 spiro atoms. The summed E-state index contributed by atoms with van der Waals surface area (Å²) in [7, 11) is 0. The number of rotatable bonds is 0. The van der Waals surface area contributed by atoms with Crippen molar-refractivity contribution >= 4 is 11.8 Å². The van der Waals surface area contributed by atoms with E-state index in [4.69, 9.17) is 5.21 Å². The lowest BCUT2D eigenvalue weighted by Crippen LogP contribution is -2.40. The van der Waals surface area contributed by atoms with E-state index >= 15 is 0 Å². The van der Waals surface area contributed by atoms with Crippen LogP contribution in [-0.4, -0.2) is 33.9 Å². The Bertz CT molecular complexity index is 105. The Morgan fingerprint density at radius 1 is 1.56 bits per heavy atom. The zero-order valence-corrected chi connectivity index (χ0v) is 6.74. The molecular weight excluding hydrogens is 134 g/mol. The predicted molar refractivity (Wildman–Crippen MR) is 39.9 cm³/mol. The Kier molecular flexibility index (Phi) is 2.03. The van der Waals surface area contributed by atoms with Crippen molar-refractivity contribution in [1.82, 2.24) is 5.06 Å². The molecule has 1 N–H and O–H groups in total. The van der Waals surface area contributed by atoms with Crippen molar-refractivity contribution in [3.05, 3.63) is 0 Å². The van der Waals surface area contributed by atoms with Crippen LogP contribution >= 0.6 is 11.8 Å². The first-order chi connectivity index (χ1) is 4.10. The molecule has 1 saturated heterocycles. The highest BCUT2D eigenvalue weighted by Gasteiger charge is 2.25. The van der Waals surface area contributed by atoms with Gasteiger partial charge in [-0.2, -0.15) is 16.8 Å². The standard InChI is InChI=1S/C6H13NOS/c1-6(2)5-7(8)3-4-9-6/h8H,3-5H2,1-2H3. The van der Waals surface area contributed by atoms with Gasteiger partial charge in [-0.3, -0.25) is 0 Å². The summed E-state index contributed by atoms with van der Waals surface area (Å²) in [5.74, 6) is 1.05. The largest absolute Gasteiger partial charge is 0.314 e. The minimum atomic E-state index is 0.243. The van der Waals surface area contributed by atoms with E-state index in [9.17, 15) is 0 Å². The molecule has 0 radical (unpaired) electrons. The van der Waals surface area contributed by atoms with Crippen LogP contribution in [0, 0.1) is 0 Å². The summed E-state index contributed by atoms with van der Waals surface area (Å²) in [5.41, 5.74) is 0. The molecule has 0 amide bonds. The first-order valence-corrected chi connectivity index (χ1v) is 4.16. The molecule has 0 atom stereocenters. The molecule has 0 bridgehead atoms. The van der Waals surface area contributed by atoms with E-state index in [0.717, 1.165) is 18.8 Å². The average Bonchev–Trinajstić information content (AvgIpc) is 1.60. The van der Waals surface area contributed by atoms with Crippen LogP contribution in [0.25, 0.3) is 0 Å². The third-order valence-electron chi connectivity index (χ3n) is 1.41. The minimum Gasteiger partial charge on any atom is -0.314 e. The summed E-state index contributed by atoms with van der Waals surface area (Å²) in [6.07, 6.45) is 0. The lowest BCUT2D eigenvalue weighted by Gasteiger charge is -2.33. The lowest BCUT2D eigenvalue weighted by molar-refractivity contribution is -0.0927. The van der Waals surface area contributed by atoms with Gasteiger partial charge in [0.1, 0.15) is 0 Å². The fourth-order valence-corrected chi connectivity index (χ4v) is 2.09. The van der Waals surface area contributed by atoms with Gasteiger partial charge in [0, 0.05) is 23.6 Å². The maximum Gasteiger partial charge on any atom is 0.0380 e. The van der Waals surface area contributed by atoms with Crippen LogP contribution in [0.3, 0.4) is 0 Å². The normalized spacial score (nSPS) is 28.3. The van der Waals surface area contributed by atoms with Crippen LogP contribution < -0.4 is 0 Å². The van der Waals surface area contributed by atoms with Gasteiger partial charge >= 0.3 is 0 Å². The number of nitrogens with zero attached hydrogens (tertiary/aromatic N) is 1. The van der Waals surface area contributed by atoms with Gasteiger partial charge in [-0.15, -0.1) is 0 Å². The van der Waals surface area contributed by atoms with E-state index in [1.54, 1.807) is 0 Å². The first-order valence-electron chi connectivity index (χ1n) is 3.18. The summed E-state index contributed by atoms with van der Waals surface area (Å²) in [5, 5.41) is 10.5. The van der Waals surface area contributed by atoms with E-state index in [1.165, 1.54) is 5.06 Å². The fraction of sp³-hybridized carbons (Fsp3) is 1.00. The van der Waals surface area contributed by atoms with Crippen molar-refractivity contribution in [3.63, 3.8) is 0 Å². The van der Waals surface area contributed by atoms with Crippen molar-refractivity contribution in [2.24, 2.45) is 0 Å². The smallest absolute Gasteiger partial charge is 0.0380 e. The van der Waals surface area contributed by atoms with Crippen LogP contribution in [0.1, 0.15) is 13.8 Å². The predicted octanol–water partition coefficient (Wildman–Crippen LogP) is 1.20. The third-order valence-corrected chi connectivity index (χ3v) is 2.70. The molecule has 0 aliphatic carbocycles. The van der Waals surface area contributed by atoms with Gasteiger partial charge in [-0.1, -0.05) is 0 Å². The van der Waals surface area contributed by atoms with Crippen molar-refractivity contribution in [1.29, 1.82) is 0 Å². The summed E-state index contributed by atoms with van der Waals surface area (Å²) < 4.78 is 0.243. The van der Waals surface area contributed by atoms with E-state index < -0.39 is 0 Å². The zero-order chi connectivity index (χ0) is 6.91. The molecule has 0 unspecified atom stereocenters. The highest BCUT2D eigenvalue weighted by atomic mass is 32.2. The van der Waals surface area contributed by atoms with Crippen molar-refractivity contribution in [3.8, 4) is 0 Å². The van der Waals surface area contributed by atoms with Gasteiger partial charge < -0.3 is 5.21 Å². The second-order valence-electron chi connectivity index (χ2n) is 3.00. The van der Waals surface area contributed by atoms with E-state index in [2.05, 4.69) is 13.8 Å². The highest BCUT2D eigenvalue weighted by Crippen LogP contribution is 2.28. The molecule has 2 nitrogen and oxygen atoms in total. The molecule has 0 aromatic heterocycles. The average molecular weight is 147 g/mol. The van der Waals surface area contributed by atoms with Crippen LogP contribution in [0.2, 0.25) is 0 Å². The maximum absolute atomic E-state index is 9.06. The van der Waals surface area contributed by atoms with Crippen molar-refractivity contribution in [2.75, 3.05) is 18.8 Å². The van der Waals surface area contributed by atoms with Gasteiger partial charge in [0.25, 0.3) is 0 Å². The molecule has 1 heterocycles. The maximum atomic E-state index is 9.06. The Morgan fingerprint density at radius 2 is 2.22 bits per heavy atom.